The van der Waals surface area contributed by atoms with Crippen molar-refractivity contribution in [1.82, 2.24) is 9.80 Å². The highest BCUT2D eigenvalue weighted by atomic mass is 19.2. The summed E-state index contributed by atoms with van der Waals surface area (Å²) in [6.45, 7) is 7.79. The lowest BCUT2D eigenvalue weighted by atomic mass is 10.1. The summed E-state index contributed by atoms with van der Waals surface area (Å²) in [5, 5.41) is 0. The van der Waals surface area contributed by atoms with Crippen LogP contribution < -0.4 is 0 Å². The van der Waals surface area contributed by atoms with Crippen LogP contribution in [0.25, 0.3) is 0 Å². The van der Waals surface area contributed by atoms with Crippen LogP contribution in [0.1, 0.15) is 24.2 Å². The molecule has 1 aliphatic rings. The molecule has 0 radical (unpaired) electrons. The van der Waals surface area contributed by atoms with E-state index in [1.165, 1.54) is 11.6 Å². The Labute approximate surface area is 123 Å². The Morgan fingerprint density at radius 1 is 1.14 bits per heavy atom. The van der Waals surface area contributed by atoms with Gasteiger partial charge in [-0.2, -0.15) is 0 Å². The van der Waals surface area contributed by atoms with Gasteiger partial charge in [0.1, 0.15) is 0 Å². The van der Waals surface area contributed by atoms with Gasteiger partial charge >= 0.3 is 0 Å². The van der Waals surface area contributed by atoms with E-state index in [2.05, 4.69) is 24.8 Å². The maximum absolute atomic E-state index is 13.2. The van der Waals surface area contributed by atoms with E-state index in [0.29, 0.717) is 13.1 Å². The van der Waals surface area contributed by atoms with Crippen LogP contribution in [0.15, 0.2) is 29.8 Å². The first-order valence-electron chi connectivity index (χ1n) is 7.07. The Hall–Kier alpha value is -1.75. The average Bonchev–Trinajstić information content (AvgIpc) is 2.48. The molecule has 1 aromatic rings. The monoisotopic (exact) mass is 294 g/mol. The first-order valence-corrected chi connectivity index (χ1v) is 7.07. The summed E-state index contributed by atoms with van der Waals surface area (Å²) in [7, 11) is 0. The number of carbonyl (C=O) groups is 1. The molecule has 0 bridgehead atoms. The summed E-state index contributed by atoms with van der Waals surface area (Å²) in [4.78, 5) is 16.2. The number of benzene rings is 1. The maximum Gasteiger partial charge on any atom is 0.254 e. The summed E-state index contributed by atoms with van der Waals surface area (Å²) in [6.07, 6.45) is 2.16. The molecule has 114 valence electrons. The van der Waals surface area contributed by atoms with Crippen LogP contribution in [0, 0.1) is 11.6 Å². The molecule has 2 rings (SSSR count). The van der Waals surface area contributed by atoms with Crippen molar-refractivity contribution in [2.75, 3.05) is 32.7 Å². The van der Waals surface area contributed by atoms with Crippen LogP contribution in [0.4, 0.5) is 8.78 Å². The number of hydrogen-bond donors (Lipinski definition) is 0. The van der Waals surface area contributed by atoms with E-state index in [1.807, 2.05) is 0 Å². The number of nitrogens with zero attached hydrogens (tertiary/aromatic N) is 2. The summed E-state index contributed by atoms with van der Waals surface area (Å²) < 4.78 is 26.1. The van der Waals surface area contributed by atoms with E-state index in [0.717, 1.165) is 31.8 Å². The lowest BCUT2D eigenvalue weighted by Crippen LogP contribution is -2.48. The van der Waals surface area contributed by atoms with Crippen molar-refractivity contribution in [1.29, 1.82) is 0 Å². The van der Waals surface area contributed by atoms with Crippen LogP contribution in [0.3, 0.4) is 0 Å². The fraction of sp³-hybridized carbons (Fsp3) is 0.438. The lowest BCUT2D eigenvalue weighted by molar-refractivity contribution is 0.0649. The third-order valence-electron chi connectivity index (χ3n) is 3.58. The smallest absolute Gasteiger partial charge is 0.254 e. The zero-order valence-electron chi connectivity index (χ0n) is 12.4. The molecule has 0 atom stereocenters. The second kappa shape index (κ2) is 6.80. The molecular weight excluding hydrogens is 274 g/mol. The van der Waals surface area contributed by atoms with Gasteiger partial charge in [-0.25, -0.2) is 8.78 Å². The summed E-state index contributed by atoms with van der Waals surface area (Å²) in [6, 6.07) is 3.29. The molecule has 1 amide bonds. The molecule has 1 aliphatic heterocycles. The molecule has 0 spiro atoms. The number of piperazine rings is 1. The summed E-state index contributed by atoms with van der Waals surface area (Å²) >= 11 is 0. The third-order valence-corrected chi connectivity index (χ3v) is 3.58. The standard InChI is InChI=1S/C16H20F2N2O/c1-12(2)5-6-19-7-9-20(10-8-19)16(21)13-3-4-14(17)15(18)11-13/h3-5,11H,6-10H2,1-2H3. The number of rotatable bonds is 3. The van der Waals surface area contributed by atoms with Crippen molar-refractivity contribution >= 4 is 5.91 Å². The highest BCUT2D eigenvalue weighted by molar-refractivity contribution is 5.94. The fourth-order valence-corrected chi connectivity index (χ4v) is 2.26. The van der Waals surface area contributed by atoms with Gasteiger partial charge in [-0.3, -0.25) is 9.69 Å². The van der Waals surface area contributed by atoms with Gasteiger partial charge in [0, 0.05) is 38.3 Å². The van der Waals surface area contributed by atoms with E-state index in [4.69, 9.17) is 0 Å². The molecule has 1 fully saturated rings. The predicted molar refractivity (Wildman–Crippen MR) is 78.1 cm³/mol. The Morgan fingerprint density at radius 3 is 2.38 bits per heavy atom. The van der Waals surface area contributed by atoms with Crippen molar-refractivity contribution in [2.45, 2.75) is 13.8 Å². The molecule has 1 aromatic carbocycles. The largest absolute Gasteiger partial charge is 0.336 e. The van der Waals surface area contributed by atoms with E-state index in [-0.39, 0.29) is 11.5 Å². The molecule has 0 unspecified atom stereocenters. The second-order valence-electron chi connectivity index (χ2n) is 5.50. The zero-order valence-corrected chi connectivity index (χ0v) is 12.4. The maximum atomic E-state index is 13.2. The van der Waals surface area contributed by atoms with Gasteiger partial charge in [0.25, 0.3) is 5.91 Å². The second-order valence-corrected chi connectivity index (χ2v) is 5.50. The van der Waals surface area contributed by atoms with Crippen LogP contribution in [0.5, 0.6) is 0 Å². The third kappa shape index (κ3) is 4.11. The Bertz CT molecular complexity index is 545. The number of allylic oxidation sites excluding steroid dienone is 1. The number of halogens is 2. The molecule has 21 heavy (non-hydrogen) atoms. The van der Waals surface area contributed by atoms with E-state index >= 15 is 0 Å². The van der Waals surface area contributed by atoms with Gasteiger partial charge in [0.2, 0.25) is 0 Å². The van der Waals surface area contributed by atoms with Gasteiger partial charge in [-0.1, -0.05) is 11.6 Å². The molecule has 0 N–H and O–H groups in total. The van der Waals surface area contributed by atoms with Gasteiger partial charge in [-0.05, 0) is 32.0 Å². The topological polar surface area (TPSA) is 23.6 Å². The van der Waals surface area contributed by atoms with Crippen molar-refractivity contribution in [3.05, 3.63) is 47.0 Å². The Morgan fingerprint density at radius 2 is 1.81 bits per heavy atom. The molecule has 1 saturated heterocycles. The quantitative estimate of drug-likeness (QED) is 0.800. The van der Waals surface area contributed by atoms with E-state index < -0.39 is 11.6 Å². The van der Waals surface area contributed by atoms with Gasteiger partial charge in [0.05, 0.1) is 0 Å². The van der Waals surface area contributed by atoms with Crippen molar-refractivity contribution in [3.63, 3.8) is 0 Å². The minimum absolute atomic E-state index is 0.201. The first-order chi connectivity index (χ1) is 9.97. The predicted octanol–water partition coefficient (Wildman–Crippen LogP) is 2.69. The molecular formula is C16H20F2N2O. The highest BCUT2D eigenvalue weighted by Crippen LogP contribution is 2.13. The van der Waals surface area contributed by atoms with Crippen molar-refractivity contribution < 1.29 is 13.6 Å². The molecule has 1 heterocycles. The van der Waals surface area contributed by atoms with E-state index in [9.17, 15) is 13.6 Å². The van der Waals surface area contributed by atoms with Gasteiger partial charge in [-0.15, -0.1) is 0 Å². The Balaban J connectivity index is 1.94. The number of carbonyl (C=O) groups excluding carboxylic acids is 1. The molecule has 3 nitrogen and oxygen atoms in total. The zero-order chi connectivity index (χ0) is 15.4. The molecule has 5 heteroatoms. The molecule has 0 aliphatic carbocycles. The number of hydrogen-bond acceptors (Lipinski definition) is 2. The average molecular weight is 294 g/mol. The lowest BCUT2D eigenvalue weighted by Gasteiger charge is -2.34. The SMILES string of the molecule is CC(C)=CCN1CCN(C(=O)c2ccc(F)c(F)c2)CC1. The summed E-state index contributed by atoms with van der Waals surface area (Å²) in [5.74, 6) is -2.16. The number of amides is 1. The normalized spacial score (nSPS) is 15.9. The molecule has 0 aromatic heterocycles. The van der Waals surface area contributed by atoms with Crippen LogP contribution in [-0.4, -0.2) is 48.4 Å². The van der Waals surface area contributed by atoms with Gasteiger partial charge in [0.15, 0.2) is 11.6 Å². The Kier molecular flexibility index (Phi) is 5.07. The van der Waals surface area contributed by atoms with Crippen LogP contribution >= 0.6 is 0 Å². The molecule has 0 saturated carbocycles. The van der Waals surface area contributed by atoms with E-state index in [1.54, 1.807) is 4.90 Å². The minimum atomic E-state index is -0.983. The van der Waals surface area contributed by atoms with Gasteiger partial charge < -0.3 is 4.90 Å². The van der Waals surface area contributed by atoms with Crippen molar-refractivity contribution in [2.24, 2.45) is 0 Å². The summed E-state index contributed by atoms with van der Waals surface area (Å²) in [5.41, 5.74) is 1.47. The van der Waals surface area contributed by atoms with Crippen LogP contribution in [0.2, 0.25) is 0 Å². The first kappa shape index (κ1) is 15.6. The van der Waals surface area contributed by atoms with Crippen LogP contribution in [-0.2, 0) is 0 Å². The highest BCUT2D eigenvalue weighted by Gasteiger charge is 2.22. The van der Waals surface area contributed by atoms with Crippen molar-refractivity contribution in [3.8, 4) is 0 Å². The minimum Gasteiger partial charge on any atom is -0.336 e. The fourth-order valence-electron chi connectivity index (χ4n) is 2.26.